The van der Waals surface area contributed by atoms with Gasteiger partial charge >= 0.3 is 0 Å². The molecule has 0 fully saturated rings. The van der Waals surface area contributed by atoms with Gasteiger partial charge in [0.1, 0.15) is 5.82 Å². The van der Waals surface area contributed by atoms with Crippen LogP contribution in [0.4, 0.5) is 4.39 Å². The van der Waals surface area contributed by atoms with Crippen LogP contribution in [0.15, 0.2) is 36.5 Å². The van der Waals surface area contributed by atoms with Crippen molar-refractivity contribution in [1.82, 2.24) is 9.97 Å². The number of hydrogen-bond donors (Lipinski definition) is 1. The van der Waals surface area contributed by atoms with Gasteiger partial charge in [-0.25, -0.2) is 4.98 Å². The molecule has 2 nitrogen and oxygen atoms in total. The average molecular weight is 162 g/mol. The molecule has 0 aliphatic heterocycles. The predicted octanol–water partition coefficient (Wildman–Crippen LogP) is 2.22. The Balaban J connectivity index is 2.45. The molecule has 2 rings (SSSR count). The third kappa shape index (κ3) is 1.21. The molecule has 60 valence electrons. The maximum absolute atomic E-state index is 12.5. The number of imidazole rings is 1. The van der Waals surface area contributed by atoms with E-state index in [0.717, 1.165) is 5.56 Å². The second kappa shape index (κ2) is 2.77. The predicted molar refractivity (Wildman–Crippen MR) is 44.0 cm³/mol. The van der Waals surface area contributed by atoms with E-state index in [9.17, 15) is 4.39 Å². The number of H-pyrrole nitrogens is 1. The third-order valence-corrected chi connectivity index (χ3v) is 1.59. The van der Waals surface area contributed by atoms with Crippen LogP contribution >= 0.6 is 0 Å². The van der Waals surface area contributed by atoms with Gasteiger partial charge in [0.25, 0.3) is 0 Å². The largest absolute Gasteiger partial charge is 0.342 e. The Morgan fingerprint density at radius 2 is 1.92 bits per heavy atom. The number of halogens is 1. The van der Waals surface area contributed by atoms with Gasteiger partial charge < -0.3 is 4.98 Å². The van der Waals surface area contributed by atoms with E-state index < -0.39 is 5.95 Å². The zero-order chi connectivity index (χ0) is 8.39. The average Bonchev–Trinajstić information content (AvgIpc) is 2.54. The van der Waals surface area contributed by atoms with Gasteiger partial charge in [-0.1, -0.05) is 30.3 Å². The van der Waals surface area contributed by atoms with Gasteiger partial charge in [0.2, 0.25) is 5.95 Å². The summed E-state index contributed by atoms with van der Waals surface area (Å²) >= 11 is 0. The number of rotatable bonds is 1. The fourth-order valence-corrected chi connectivity index (χ4v) is 1.04. The second-order valence-corrected chi connectivity index (χ2v) is 2.44. The molecule has 0 aliphatic carbocycles. The van der Waals surface area contributed by atoms with Crippen LogP contribution in [0.5, 0.6) is 0 Å². The standard InChI is InChI=1S/C9H7FN2/c10-8-6-11-9(12-8)7-4-2-1-3-5-7/h1-6H,(H,11,12). The first-order valence-electron chi connectivity index (χ1n) is 3.62. The maximum atomic E-state index is 12.5. The first kappa shape index (κ1) is 7.03. The topological polar surface area (TPSA) is 28.7 Å². The number of nitrogens with one attached hydrogen (secondary N) is 1. The molecule has 1 N–H and O–H groups in total. The van der Waals surface area contributed by atoms with Gasteiger partial charge in [0, 0.05) is 5.56 Å². The van der Waals surface area contributed by atoms with Crippen LogP contribution in [0.25, 0.3) is 11.4 Å². The Kier molecular flexibility index (Phi) is 1.63. The summed E-state index contributed by atoms with van der Waals surface area (Å²) in [6.07, 6.45) is 1.24. The highest BCUT2D eigenvalue weighted by atomic mass is 19.1. The van der Waals surface area contributed by atoms with E-state index in [-0.39, 0.29) is 0 Å². The molecule has 1 aromatic heterocycles. The summed E-state index contributed by atoms with van der Waals surface area (Å²) in [5, 5.41) is 0. The highest BCUT2D eigenvalue weighted by molar-refractivity contribution is 5.54. The summed E-state index contributed by atoms with van der Waals surface area (Å²) in [4.78, 5) is 6.39. The van der Waals surface area contributed by atoms with Crippen molar-refractivity contribution in [3.05, 3.63) is 42.5 Å². The molecular formula is C9H7FN2. The highest BCUT2D eigenvalue weighted by Crippen LogP contribution is 2.13. The molecule has 0 atom stereocenters. The van der Waals surface area contributed by atoms with E-state index in [1.807, 2.05) is 30.3 Å². The van der Waals surface area contributed by atoms with E-state index in [1.54, 1.807) is 0 Å². The molecule has 3 heteroatoms. The molecule has 0 amide bonds. The van der Waals surface area contributed by atoms with E-state index in [2.05, 4.69) is 9.97 Å². The van der Waals surface area contributed by atoms with Crippen molar-refractivity contribution >= 4 is 0 Å². The third-order valence-electron chi connectivity index (χ3n) is 1.59. The molecule has 2 aromatic rings. The van der Waals surface area contributed by atoms with Gasteiger partial charge in [-0.05, 0) is 0 Å². The number of aromatic nitrogens is 2. The Morgan fingerprint density at radius 1 is 1.17 bits per heavy atom. The van der Waals surface area contributed by atoms with E-state index in [0.29, 0.717) is 5.82 Å². The fourth-order valence-electron chi connectivity index (χ4n) is 1.04. The number of aromatic amines is 1. The molecule has 0 unspecified atom stereocenters. The molecule has 1 aromatic carbocycles. The van der Waals surface area contributed by atoms with Crippen molar-refractivity contribution < 1.29 is 4.39 Å². The van der Waals surface area contributed by atoms with Gasteiger partial charge in [-0.15, -0.1) is 0 Å². The number of benzene rings is 1. The van der Waals surface area contributed by atoms with Crippen LogP contribution in [-0.2, 0) is 0 Å². The smallest absolute Gasteiger partial charge is 0.231 e. The van der Waals surface area contributed by atoms with Gasteiger partial charge in [0.05, 0.1) is 6.20 Å². The lowest BCUT2D eigenvalue weighted by atomic mass is 10.2. The number of hydrogen-bond acceptors (Lipinski definition) is 1. The Bertz CT molecular complexity index is 367. The van der Waals surface area contributed by atoms with Crippen LogP contribution in [0.3, 0.4) is 0 Å². The van der Waals surface area contributed by atoms with Gasteiger partial charge in [0.15, 0.2) is 0 Å². The Morgan fingerprint density at radius 3 is 2.50 bits per heavy atom. The van der Waals surface area contributed by atoms with Crippen molar-refractivity contribution in [2.75, 3.05) is 0 Å². The van der Waals surface area contributed by atoms with Gasteiger partial charge in [-0.2, -0.15) is 4.39 Å². The Labute approximate surface area is 69.1 Å². The lowest BCUT2D eigenvalue weighted by molar-refractivity contribution is 0.591. The van der Waals surface area contributed by atoms with Crippen molar-refractivity contribution in [3.8, 4) is 11.4 Å². The normalized spacial score (nSPS) is 10.1. The number of nitrogens with zero attached hydrogens (tertiary/aromatic N) is 1. The van der Waals surface area contributed by atoms with Crippen LogP contribution in [0.2, 0.25) is 0 Å². The minimum absolute atomic E-state index is 0.478. The second-order valence-electron chi connectivity index (χ2n) is 2.44. The zero-order valence-electron chi connectivity index (χ0n) is 6.29. The molecule has 12 heavy (non-hydrogen) atoms. The molecule has 0 saturated heterocycles. The summed E-state index contributed by atoms with van der Waals surface area (Å²) < 4.78 is 12.5. The first-order chi connectivity index (χ1) is 5.86. The van der Waals surface area contributed by atoms with Crippen molar-refractivity contribution in [2.45, 2.75) is 0 Å². The van der Waals surface area contributed by atoms with E-state index >= 15 is 0 Å². The summed E-state index contributed by atoms with van der Waals surface area (Å²) in [7, 11) is 0. The monoisotopic (exact) mass is 162 g/mol. The summed E-state index contributed by atoms with van der Waals surface area (Å²) in [6, 6.07) is 9.42. The summed E-state index contributed by atoms with van der Waals surface area (Å²) in [5.41, 5.74) is 0.890. The lowest BCUT2D eigenvalue weighted by Gasteiger charge is -1.92. The van der Waals surface area contributed by atoms with Crippen molar-refractivity contribution in [2.24, 2.45) is 0 Å². The lowest BCUT2D eigenvalue weighted by Crippen LogP contribution is -1.78. The zero-order valence-corrected chi connectivity index (χ0v) is 6.29. The molecule has 0 spiro atoms. The summed E-state index contributed by atoms with van der Waals surface area (Å²) in [6.45, 7) is 0. The molecular weight excluding hydrogens is 155 g/mol. The van der Waals surface area contributed by atoms with E-state index in [1.165, 1.54) is 6.20 Å². The molecule has 0 radical (unpaired) electrons. The molecule has 1 heterocycles. The van der Waals surface area contributed by atoms with Crippen molar-refractivity contribution in [3.63, 3.8) is 0 Å². The van der Waals surface area contributed by atoms with Crippen LogP contribution in [-0.4, -0.2) is 9.97 Å². The maximum Gasteiger partial charge on any atom is 0.231 e. The van der Waals surface area contributed by atoms with Crippen molar-refractivity contribution in [1.29, 1.82) is 0 Å². The van der Waals surface area contributed by atoms with E-state index in [4.69, 9.17) is 0 Å². The Hall–Kier alpha value is -1.64. The quantitative estimate of drug-likeness (QED) is 0.684. The van der Waals surface area contributed by atoms with Crippen LogP contribution < -0.4 is 0 Å². The fraction of sp³-hybridized carbons (Fsp3) is 0. The van der Waals surface area contributed by atoms with Gasteiger partial charge in [-0.3, -0.25) is 0 Å². The first-order valence-corrected chi connectivity index (χ1v) is 3.62. The molecule has 0 saturated carbocycles. The highest BCUT2D eigenvalue weighted by Gasteiger charge is 2.00. The molecule has 0 aliphatic rings. The molecule has 0 bridgehead atoms. The SMILES string of the molecule is Fc1c[nH]c(-c2ccccc2)n1. The summed E-state index contributed by atoms with van der Waals surface area (Å²) in [5.74, 6) is 0.0851. The minimum Gasteiger partial charge on any atom is -0.342 e. The van der Waals surface area contributed by atoms with Crippen LogP contribution in [0, 0.1) is 5.95 Å². The minimum atomic E-state index is -0.478. The van der Waals surface area contributed by atoms with Crippen LogP contribution in [0.1, 0.15) is 0 Å².